The van der Waals surface area contributed by atoms with Crippen molar-refractivity contribution >= 4 is 12.1 Å². The number of hydrogen-bond donors (Lipinski definition) is 1. The van der Waals surface area contributed by atoms with Crippen molar-refractivity contribution in [2.24, 2.45) is 5.10 Å². The fraction of sp³-hybridized carbons (Fsp3) is 0.579. The van der Waals surface area contributed by atoms with Crippen molar-refractivity contribution in [2.45, 2.75) is 59.0 Å². The van der Waals surface area contributed by atoms with Crippen molar-refractivity contribution in [1.82, 2.24) is 5.43 Å². The number of carbonyl (C=O) groups excluding carboxylic acids is 1. The zero-order chi connectivity index (χ0) is 19.2. The summed E-state index contributed by atoms with van der Waals surface area (Å²) in [5.74, 6) is 0.212. The predicted molar refractivity (Wildman–Crippen MR) is 98.6 cm³/mol. The average Bonchev–Trinajstić information content (AvgIpc) is 2.94. The van der Waals surface area contributed by atoms with Gasteiger partial charge in [0.15, 0.2) is 5.79 Å². The first-order valence-electron chi connectivity index (χ1n) is 8.84. The molecule has 1 N–H and O–H groups in total. The van der Waals surface area contributed by atoms with E-state index in [0.29, 0.717) is 19.0 Å². The van der Waals surface area contributed by atoms with Gasteiger partial charge in [0.1, 0.15) is 11.5 Å². The molecule has 0 atom stereocenters. The van der Waals surface area contributed by atoms with Gasteiger partial charge in [-0.15, -0.1) is 0 Å². The van der Waals surface area contributed by atoms with Crippen LogP contribution < -0.4 is 14.9 Å². The maximum Gasteiger partial charge on any atom is 0.245 e. The van der Waals surface area contributed by atoms with E-state index in [4.69, 9.17) is 18.9 Å². The highest BCUT2D eigenvalue weighted by Gasteiger charge is 2.33. The minimum atomic E-state index is -0.874. The van der Waals surface area contributed by atoms with E-state index < -0.39 is 5.79 Å². The molecule has 1 aliphatic heterocycles. The summed E-state index contributed by atoms with van der Waals surface area (Å²) >= 11 is 0. The minimum Gasteiger partial charge on any atom is -0.491 e. The minimum absolute atomic E-state index is 0.00246. The number of amides is 1. The second-order valence-electron chi connectivity index (χ2n) is 6.83. The second kappa shape index (κ2) is 9.00. The van der Waals surface area contributed by atoms with Crippen LogP contribution in [0, 0.1) is 0 Å². The van der Waals surface area contributed by atoms with Crippen LogP contribution in [0.5, 0.6) is 11.5 Å². The summed E-state index contributed by atoms with van der Waals surface area (Å²) in [6, 6.07) is 5.51. The summed E-state index contributed by atoms with van der Waals surface area (Å²) in [7, 11) is 0. The van der Waals surface area contributed by atoms with Crippen LogP contribution in [0.25, 0.3) is 0 Å². The zero-order valence-corrected chi connectivity index (χ0v) is 16.1. The number of hydrogen-bond acceptors (Lipinski definition) is 6. The number of carbonyl (C=O) groups is 1. The van der Waals surface area contributed by atoms with Crippen LogP contribution in [0.4, 0.5) is 0 Å². The van der Waals surface area contributed by atoms with Crippen LogP contribution in [0.15, 0.2) is 23.3 Å². The van der Waals surface area contributed by atoms with Gasteiger partial charge in [-0.1, -0.05) is 0 Å². The number of nitrogens with one attached hydrogen (secondary N) is 1. The SMILES string of the molecule is CC(C)Oc1ccc(/C=N/NC(=O)CC2(C)OCCO2)c(OC(C)C)c1. The van der Waals surface area contributed by atoms with Gasteiger partial charge < -0.3 is 18.9 Å². The standard InChI is InChI=1S/C19H28N2O5/c1-13(2)25-16-7-6-15(17(10-16)26-14(3)4)12-20-21-18(22)11-19(5)23-8-9-24-19/h6-7,10,12-14H,8-9,11H2,1-5H3,(H,21,22)/b20-12+. The molecule has 0 bridgehead atoms. The first-order valence-corrected chi connectivity index (χ1v) is 8.84. The Morgan fingerprint density at radius 3 is 2.50 bits per heavy atom. The van der Waals surface area contributed by atoms with Crippen molar-refractivity contribution < 1.29 is 23.7 Å². The largest absolute Gasteiger partial charge is 0.491 e. The van der Waals surface area contributed by atoms with E-state index in [9.17, 15) is 4.79 Å². The van der Waals surface area contributed by atoms with Crippen LogP contribution >= 0.6 is 0 Å². The molecule has 0 radical (unpaired) electrons. The highest BCUT2D eigenvalue weighted by atomic mass is 16.7. The monoisotopic (exact) mass is 364 g/mol. The third-order valence-corrected chi connectivity index (χ3v) is 3.49. The smallest absolute Gasteiger partial charge is 0.245 e. The Bertz CT molecular complexity index is 637. The van der Waals surface area contributed by atoms with Gasteiger partial charge in [-0.25, -0.2) is 5.43 Å². The molecule has 7 heteroatoms. The molecule has 1 aliphatic rings. The topological polar surface area (TPSA) is 78.4 Å². The first kappa shape index (κ1) is 20.2. The fourth-order valence-electron chi connectivity index (χ4n) is 2.49. The van der Waals surface area contributed by atoms with Crippen molar-refractivity contribution in [2.75, 3.05) is 13.2 Å². The van der Waals surface area contributed by atoms with Gasteiger partial charge in [0.2, 0.25) is 5.91 Å². The highest BCUT2D eigenvalue weighted by Crippen LogP contribution is 2.26. The molecule has 1 aromatic rings. The third kappa shape index (κ3) is 6.31. The predicted octanol–water partition coefficient (Wildman–Crippen LogP) is 2.86. The van der Waals surface area contributed by atoms with Crippen LogP contribution in [0.2, 0.25) is 0 Å². The van der Waals surface area contributed by atoms with Gasteiger partial charge in [-0.2, -0.15) is 5.10 Å². The van der Waals surface area contributed by atoms with E-state index in [2.05, 4.69) is 10.5 Å². The van der Waals surface area contributed by atoms with Gasteiger partial charge in [-0.3, -0.25) is 4.79 Å². The lowest BCUT2D eigenvalue weighted by molar-refractivity contribution is -0.159. The Kier molecular flexibility index (Phi) is 6.99. The zero-order valence-electron chi connectivity index (χ0n) is 16.1. The molecule has 0 aliphatic carbocycles. The molecular weight excluding hydrogens is 336 g/mol. The molecule has 1 heterocycles. The molecule has 0 unspecified atom stereocenters. The molecule has 1 saturated heterocycles. The maximum atomic E-state index is 12.0. The van der Waals surface area contributed by atoms with E-state index in [-0.39, 0.29) is 24.5 Å². The van der Waals surface area contributed by atoms with E-state index >= 15 is 0 Å². The Morgan fingerprint density at radius 2 is 1.88 bits per heavy atom. The lowest BCUT2D eigenvalue weighted by Crippen LogP contribution is -2.33. The van der Waals surface area contributed by atoms with E-state index in [1.165, 1.54) is 0 Å². The van der Waals surface area contributed by atoms with Gasteiger partial charge in [0.25, 0.3) is 0 Å². The summed E-state index contributed by atoms with van der Waals surface area (Å²) in [6.07, 6.45) is 1.71. The third-order valence-electron chi connectivity index (χ3n) is 3.49. The number of rotatable bonds is 8. The van der Waals surface area contributed by atoms with Crippen LogP contribution in [0.3, 0.4) is 0 Å². The maximum absolute atomic E-state index is 12.0. The molecule has 2 rings (SSSR count). The molecule has 0 aromatic heterocycles. The molecule has 0 spiro atoms. The summed E-state index contributed by atoms with van der Waals surface area (Å²) in [6.45, 7) is 10.5. The van der Waals surface area contributed by atoms with E-state index in [0.717, 1.165) is 11.3 Å². The number of ether oxygens (including phenoxy) is 4. The van der Waals surface area contributed by atoms with Crippen LogP contribution in [-0.4, -0.2) is 43.3 Å². The lowest BCUT2D eigenvalue weighted by atomic mass is 10.2. The Hall–Kier alpha value is -2.12. The van der Waals surface area contributed by atoms with Gasteiger partial charge in [0, 0.05) is 11.6 Å². The molecule has 7 nitrogen and oxygen atoms in total. The molecule has 144 valence electrons. The summed E-state index contributed by atoms with van der Waals surface area (Å²) < 4.78 is 22.4. The lowest BCUT2D eigenvalue weighted by Gasteiger charge is -2.20. The number of hydrazone groups is 1. The van der Waals surface area contributed by atoms with Crippen molar-refractivity contribution in [1.29, 1.82) is 0 Å². The number of benzene rings is 1. The summed E-state index contributed by atoms with van der Waals surface area (Å²) in [4.78, 5) is 12.0. The van der Waals surface area contributed by atoms with E-state index in [1.54, 1.807) is 13.1 Å². The Balaban J connectivity index is 2.01. The summed E-state index contributed by atoms with van der Waals surface area (Å²) in [5, 5.41) is 4.02. The van der Waals surface area contributed by atoms with Crippen molar-refractivity contribution in [3.05, 3.63) is 23.8 Å². The second-order valence-corrected chi connectivity index (χ2v) is 6.83. The highest BCUT2D eigenvalue weighted by molar-refractivity contribution is 5.85. The van der Waals surface area contributed by atoms with Gasteiger partial charge in [0.05, 0.1) is 38.1 Å². The summed E-state index contributed by atoms with van der Waals surface area (Å²) in [5.41, 5.74) is 3.24. The Labute approximate surface area is 154 Å². The van der Waals surface area contributed by atoms with Gasteiger partial charge in [-0.05, 0) is 46.8 Å². The first-order chi connectivity index (χ1) is 12.3. The molecule has 0 saturated carbocycles. The van der Waals surface area contributed by atoms with E-state index in [1.807, 2.05) is 45.9 Å². The molecule has 1 fully saturated rings. The van der Waals surface area contributed by atoms with Crippen LogP contribution in [-0.2, 0) is 14.3 Å². The van der Waals surface area contributed by atoms with Gasteiger partial charge >= 0.3 is 0 Å². The quantitative estimate of drug-likeness (QED) is 0.567. The Morgan fingerprint density at radius 1 is 1.23 bits per heavy atom. The van der Waals surface area contributed by atoms with Crippen molar-refractivity contribution in [3.63, 3.8) is 0 Å². The van der Waals surface area contributed by atoms with Crippen LogP contribution in [0.1, 0.15) is 46.6 Å². The van der Waals surface area contributed by atoms with Crippen molar-refractivity contribution in [3.8, 4) is 11.5 Å². The molecule has 26 heavy (non-hydrogen) atoms. The molecule has 1 amide bonds. The molecule has 1 aromatic carbocycles. The molecular formula is C19H28N2O5. The number of nitrogens with zero attached hydrogens (tertiary/aromatic N) is 1. The average molecular weight is 364 g/mol. The normalized spacial score (nSPS) is 16.4. The fourth-order valence-corrected chi connectivity index (χ4v) is 2.49.